The average Bonchev–Trinajstić information content (AvgIpc) is 3.21. The van der Waals surface area contributed by atoms with Crippen molar-refractivity contribution in [3.63, 3.8) is 0 Å². The monoisotopic (exact) mass is 364 g/mol. The minimum absolute atomic E-state index is 0.230. The van der Waals surface area contributed by atoms with Crippen LogP contribution in [0.2, 0.25) is 0 Å². The van der Waals surface area contributed by atoms with Gasteiger partial charge in [-0.05, 0) is 50.3 Å². The Morgan fingerprint density at radius 3 is 2.71 bits per heavy atom. The van der Waals surface area contributed by atoms with Crippen LogP contribution in [-0.2, 0) is 6.42 Å². The molecule has 3 rings (SSSR count). The van der Waals surface area contributed by atoms with Gasteiger partial charge in [-0.15, -0.1) is 11.3 Å². The highest BCUT2D eigenvalue weighted by molar-refractivity contribution is 9.10. The van der Waals surface area contributed by atoms with Crippen molar-refractivity contribution in [2.75, 3.05) is 0 Å². The van der Waals surface area contributed by atoms with Crippen molar-refractivity contribution in [2.45, 2.75) is 52.1 Å². The summed E-state index contributed by atoms with van der Waals surface area (Å²) in [5.41, 5.74) is 3.84. The Hall–Kier alpha value is -0.710. The second-order valence-corrected chi connectivity index (χ2v) is 7.88. The number of nitrogens with zero attached hydrogens (tertiary/aromatic N) is 1. The molecule has 1 N–H and O–H groups in total. The molecule has 112 valence electrons. The van der Waals surface area contributed by atoms with Gasteiger partial charge in [-0.1, -0.05) is 35.0 Å². The standard InChI is InChI=1S/C17H21BrN2S/c1-4-15-11(3)21-17(20-15)16(19-13-6-7-13)12-5-8-14(18)10(2)9-12/h5,8-9,13,16,19H,4,6-7H2,1-3H3. The predicted molar refractivity (Wildman–Crippen MR) is 93.1 cm³/mol. The van der Waals surface area contributed by atoms with Gasteiger partial charge in [0.25, 0.3) is 0 Å². The van der Waals surface area contributed by atoms with Gasteiger partial charge in [-0.3, -0.25) is 0 Å². The van der Waals surface area contributed by atoms with Crippen LogP contribution in [0.5, 0.6) is 0 Å². The molecule has 0 saturated heterocycles. The highest BCUT2D eigenvalue weighted by atomic mass is 79.9. The lowest BCUT2D eigenvalue weighted by Crippen LogP contribution is -2.24. The summed E-state index contributed by atoms with van der Waals surface area (Å²) in [6, 6.07) is 7.51. The van der Waals surface area contributed by atoms with E-state index in [4.69, 9.17) is 4.98 Å². The van der Waals surface area contributed by atoms with Crippen LogP contribution < -0.4 is 5.32 Å². The maximum Gasteiger partial charge on any atom is 0.115 e. The zero-order chi connectivity index (χ0) is 15.0. The Labute approximate surface area is 139 Å². The molecule has 0 radical (unpaired) electrons. The summed E-state index contributed by atoms with van der Waals surface area (Å²) in [6.07, 6.45) is 3.59. The van der Waals surface area contributed by atoms with E-state index in [2.05, 4.69) is 60.2 Å². The molecule has 1 aliphatic carbocycles. The lowest BCUT2D eigenvalue weighted by Gasteiger charge is -2.17. The Kier molecular flexibility index (Phi) is 4.48. The number of thiazole rings is 1. The molecule has 0 spiro atoms. The molecule has 1 heterocycles. The average molecular weight is 365 g/mol. The Bertz CT molecular complexity index is 646. The third-order valence-corrected chi connectivity index (χ3v) is 5.95. The molecule has 1 atom stereocenters. The number of hydrogen-bond donors (Lipinski definition) is 1. The molecule has 2 nitrogen and oxygen atoms in total. The van der Waals surface area contributed by atoms with Crippen molar-refractivity contribution in [2.24, 2.45) is 0 Å². The molecule has 0 aliphatic heterocycles. The van der Waals surface area contributed by atoms with E-state index in [-0.39, 0.29) is 6.04 Å². The number of benzene rings is 1. The minimum Gasteiger partial charge on any atom is -0.301 e. The van der Waals surface area contributed by atoms with Crippen molar-refractivity contribution >= 4 is 27.3 Å². The van der Waals surface area contributed by atoms with E-state index in [0.29, 0.717) is 6.04 Å². The fraction of sp³-hybridized carbons (Fsp3) is 0.471. The molecule has 1 fully saturated rings. The zero-order valence-electron chi connectivity index (χ0n) is 12.7. The lowest BCUT2D eigenvalue weighted by molar-refractivity contribution is 0.596. The summed E-state index contributed by atoms with van der Waals surface area (Å²) in [4.78, 5) is 6.23. The first-order chi connectivity index (χ1) is 10.1. The van der Waals surface area contributed by atoms with E-state index in [1.807, 2.05) is 11.3 Å². The van der Waals surface area contributed by atoms with E-state index in [1.165, 1.54) is 44.0 Å². The van der Waals surface area contributed by atoms with Crippen LogP contribution in [0.25, 0.3) is 0 Å². The summed E-state index contributed by atoms with van der Waals surface area (Å²) in [7, 11) is 0. The van der Waals surface area contributed by atoms with Crippen LogP contribution in [0.3, 0.4) is 0 Å². The summed E-state index contributed by atoms with van der Waals surface area (Å²) >= 11 is 5.43. The van der Waals surface area contributed by atoms with Crippen molar-refractivity contribution in [3.05, 3.63) is 49.4 Å². The Balaban J connectivity index is 1.97. The molecule has 1 aromatic carbocycles. The number of halogens is 1. The Morgan fingerprint density at radius 1 is 1.38 bits per heavy atom. The molecule has 0 amide bonds. The number of hydrogen-bond acceptors (Lipinski definition) is 3. The smallest absolute Gasteiger partial charge is 0.115 e. The third kappa shape index (κ3) is 3.38. The van der Waals surface area contributed by atoms with Gasteiger partial charge in [0, 0.05) is 15.4 Å². The SMILES string of the molecule is CCc1nc(C(NC2CC2)c2ccc(Br)c(C)c2)sc1C. The van der Waals surface area contributed by atoms with Crippen molar-refractivity contribution in [1.82, 2.24) is 10.3 Å². The van der Waals surface area contributed by atoms with Crippen molar-refractivity contribution in [1.29, 1.82) is 0 Å². The Morgan fingerprint density at radius 2 is 2.14 bits per heavy atom. The van der Waals surface area contributed by atoms with Gasteiger partial charge in [-0.25, -0.2) is 4.98 Å². The molecule has 1 aromatic heterocycles. The second kappa shape index (κ2) is 6.19. The summed E-state index contributed by atoms with van der Waals surface area (Å²) in [5.74, 6) is 0. The summed E-state index contributed by atoms with van der Waals surface area (Å²) in [5, 5.41) is 4.97. The number of nitrogens with one attached hydrogen (secondary N) is 1. The van der Waals surface area contributed by atoms with E-state index in [0.717, 1.165) is 6.42 Å². The second-order valence-electron chi connectivity index (χ2n) is 5.79. The first-order valence-corrected chi connectivity index (χ1v) is 9.17. The summed E-state index contributed by atoms with van der Waals surface area (Å²) < 4.78 is 1.17. The fourth-order valence-corrected chi connectivity index (χ4v) is 3.89. The normalized spacial score (nSPS) is 16.2. The molecule has 1 saturated carbocycles. The van der Waals surface area contributed by atoms with Gasteiger partial charge in [0.2, 0.25) is 0 Å². The van der Waals surface area contributed by atoms with Crippen molar-refractivity contribution in [3.8, 4) is 0 Å². The van der Waals surface area contributed by atoms with Crippen LogP contribution in [0.15, 0.2) is 22.7 Å². The molecule has 0 bridgehead atoms. The molecule has 1 unspecified atom stereocenters. The van der Waals surface area contributed by atoms with Gasteiger partial charge in [-0.2, -0.15) is 0 Å². The molecule has 4 heteroatoms. The number of aryl methyl sites for hydroxylation is 3. The van der Waals surface area contributed by atoms with Gasteiger partial charge < -0.3 is 5.32 Å². The predicted octanol–water partition coefficient (Wildman–Crippen LogP) is 4.93. The lowest BCUT2D eigenvalue weighted by atomic mass is 10.0. The van der Waals surface area contributed by atoms with Gasteiger partial charge >= 0.3 is 0 Å². The van der Waals surface area contributed by atoms with E-state index >= 15 is 0 Å². The number of rotatable bonds is 5. The quantitative estimate of drug-likeness (QED) is 0.813. The zero-order valence-corrected chi connectivity index (χ0v) is 15.1. The van der Waals surface area contributed by atoms with Crippen LogP contribution in [0.1, 0.15) is 52.5 Å². The molecule has 1 aliphatic rings. The van der Waals surface area contributed by atoms with Crippen LogP contribution in [0.4, 0.5) is 0 Å². The van der Waals surface area contributed by atoms with Crippen LogP contribution >= 0.6 is 27.3 Å². The first kappa shape index (κ1) is 15.2. The highest BCUT2D eigenvalue weighted by Gasteiger charge is 2.28. The minimum atomic E-state index is 0.230. The maximum absolute atomic E-state index is 4.88. The van der Waals surface area contributed by atoms with E-state index < -0.39 is 0 Å². The largest absolute Gasteiger partial charge is 0.301 e. The third-order valence-electron chi connectivity index (χ3n) is 3.99. The van der Waals surface area contributed by atoms with Crippen LogP contribution in [0, 0.1) is 13.8 Å². The summed E-state index contributed by atoms with van der Waals surface area (Å²) in [6.45, 7) is 6.51. The first-order valence-electron chi connectivity index (χ1n) is 7.56. The van der Waals surface area contributed by atoms with Crippen molar-refractivity contribution < 1.29 is 0 Å². The molecular formula is C17H21BrN2S. The van der Waals surface area contributed by atoms with Gasteiger partial charge in [0.05, 0.1) is 11.7 Å². The molecule has 21 heavy (non-hydrogen) atoms. The van der Waals surface area contributed by atoms with E-state index in [9.17, 15) is 0 Å². The fourth-order valence-electron chi connectivity index (χ4n) is 2.55. The maximum atomic E-state index is 4.88. The van der Waals surface area contributed by atoms with E-state index in [1.54, 1.807) is 0 Å². The molecule has 2 aromatic rings. The molecular weight excluding hydrogens is 344 g/mol. The topological polar surface area (TPSA) is 24.9 Å². The highest BCUT2D eigenvalue weighted by Crippen LogP contribution is 2.33. The van der Waals surface area contributed by atoms with Gasteiger partial charge in [0.1, 0.15) is 5.01 Å². The van der Waals surface area contributed by atoms with Gasteiger partial charge in [0.15, 0.2) is 0 Å². The van der Waals surface area contributed by atoms with Crippen LogP contribution in [-0.4, -0.2) is 11.0 Å². The number of aromatic nitrogens is 1.